The molecule has 1 aromatic rings. The van der Waals surface area contributed by atoms with Crippen LogP contribution in [0.2, 0.25) is 0 Å². The van der Waals surface area contributed by atoms with Crippen molar-refractivity contribution in [2.45, 2.75) is 39.7 Å². The van der Waals surface area contributed by atoms with Crippen molar-refractivity contribution < 1.29 is 28.9 Å². The van der Waals surface area contributed by atoms with Gasteiger partial charge in [-0.15, -0.1) is 0 Å². The van der Waals surface area contributed by atoms with E-state index in [4.69, 9.17) is 9.47 Å². The van der Waals surface area contributed by atoms with Crippen molar-refractivity contribution in [3.05, 3.63) is 43.5 Å². The molecule has 0 amide bonds. The summed E-state index contributed by atoms with van der Waals surface area (Å²) in [6.07, 6.45) is 0.283. The fourth-order valence-electron chi connectivity index (χ4n) is 2.05. The first-order valence-electron chi connectivity index (χ1n) is 7.49. The SMILES string of the molecule is CCOC(=O)CCCC(=O)OCc1cc([N+](=O)[O-])c(C)c([N+](=O)[O-])c1. The molecule has 0 bridgehead atoms. The minimum Gasteiger partial charge on any atom is -0.466 e. The monoisotopic (exact) mass is 354 g/mol. The zero-order chi connectivity index (χ0) is 19.0. The van der Waals surface area contributed by atoms with E-state index in [0.717, 1.165) is 12.1 Å². The molecule has 0 fully saturated rings. The lowest BCUT2D eigenvalue weighted by Crippen LogP contribution is -2.08. The van der Waals surface area contributed by atoms with Crippen LogP contribution in [0.4, 0.5) is 11.4 Å². The van der Waals surface area contributed by atoms with Crippen LogP contribution in [0.5, 0.6) is 0 Å². The zero-order valence-corrected chi connectivity index (χ0v) is 13.9. The van der Waals surface area contributed by atoms with Crippen LogP contribution in [0.1, 0.15) is 37.3 Å². The van der Waals surface area contributed by atoms with Crippen molar-refractivity contribution in [2.75, 3.05) is 6.61 Å². The topological polar surface area (TPSA) is 139 Å². The Morgan fingerprint density at radius 2 is 1.48 bits per heavy atom. The van der Waals surface area contributed by atoms with Gasteiger partial charge >= 0.3 is 11.9 Å². The van der Waals surface area contributed by atoms with E-state index in [0.29, 0.717) is 0 Å². The summed E-state index contributed by atoms with van der Waals surface area (Å²) in [4.78, 5) is 43.2. The van der Waals surface area contributed by atoms with Crippen molar-refractivity contribution in [2.24, 2.45) is 0 Å². The first kappa shape index (κ1) is 20.0. The smallest absolute Gasteiger partial charge is 0.306 e. The highest BCUT2D eigenvalue weighted by molar-refractivity contribution is 5.72. The van der Waals surface area contributed by atoms with Gasteiger partial charge in [0.15, 0.2) is 0 Å². The maximum atomic E-state index is 11.6. The predicted molar refractivity (Wildman–Crippen MR) is 84.8 cm³/mol. The van der Waals surface area contributed by atoms with Gasteiger partial charge in [-0.1, -0.05) is 0 Å². The van der Waals surface area contributed by atoms with Crippen molar-refractivity contribution >= 4 is 23.3 Å². The average Bonchev–Trinajstić information content (AvgIpc) is 2.53. The Balaban J connectivity index is 2.67. The molecule has 0 spiro atoms. The van der Waals surface area contributed by atoms with Gasteiger partial charge in [-0.2, -0.15) is 0 Å². The predicted octanol–water partition coefficient (Wildman–Crippen LogP) is 2.59. The number of hydrogen-bond acceptors (Lipinski definition) is 8. The van der Waals surface area contributed by atoms with Crippen LogP contribution in [0.25, 0.3) is 0 Å². The molecular weight excluding hydrogens is 336 g/mol. The summed E-state index contributed by atoms with van der Waals surface area (Å²) in [5, 5.41) is 22.0. The standard InChI is InChI=1S/C15H18N2O8/c1-3-24-14(18)5-4-6-15(19)25-9-11-7-12(16(20)21)10(2)13(8-11)17(22)23/h7-8H,3-6,9H2,1-2H3. The quantitative estimate of drug-likeness (QED) is 0.374. The molecule has 0 saturated carbocycles. The van der Waals surface area contributed by atoms with Crippen LogP contribution in [-0.2, 0) is 25.7 Å². The zero-order valence-electron chi connectivity index (χ0n) is 13.9. The second-order valence-electron chi connectivity index (χ2n) is 5.09. The Labute approximate surface area is 143 Å². The third-order valence-corrected chi connectivity index (χ3v) is 3.27. The van der Waals surface area contributed by atoms with E-state index in [-0.39, 0.29) is 43.6 Å². The molecule has 0 unspecified atom stereocenters. The molecule has 1 aromatic carbocycles. The van der Waals surface area contributed by atoms with Crippen LogP contribution in [0.3, 0.4) is 0 Å². The molecule has 0 aliphatic heterocycles. The third-order valence-electron chi connectivity index (χ3n) is 3.27. The van der Waals surface area contributed by atoms with E-state index < -0.39 is 33.2 Å². The molecule has 136 valence electrons. The molecule has 1 rings (SSSR count). The lowest BCUT2D eigenvalue weighted by Gasteiger charge is -2.07. The Bertz CT molecular complexity index is 651. The number of carbonyl (C=O) groups excluding carboxylic acids is 2. The van der Waals surface area contributed by atoms with Gasteiger partial charge in [-0.05, 0) is 20.3 Å². The summed E-state index contributed by atoms with van der Waals surface area (Å²) in [5.74, 6) is -1.03. The highest BCUT2D eigenvalue weighted by Gasteiger charge is 2.23. The number of carbonyl (C=O) groups is 2. The molecule has 0 radical (unpaired) electrons. The minimum absolute atomic E-state index is 0.0329. The Morgan fingerprint density at radius 1 is 1.00 bits per heavy atom. The van der Waals surface area contributed by atoms with Crippen molar-refractivity contribution in [1.82, 2.24) is 0 Å². The highest BCUT2D eigenvalue weighted by atomic mass is 16.6. The molecule has 0 aromatic heterocycles. The lowest BCUT2D eigenvalue weighted by molar-refractivity contribution is -0.395. The van der Waals surface area contributed by atoms with E-state index in [2.05, 4.69) is 0 Å². The Morgan fingerprint density at radius 3 is 1.92 bits per heavy atom. The van der Waals surface area contributed by atoms with E-state index >= 15 is 0 Å². The van der Waals surface area contributed by atoms with Crippen LogP contribution >= 0.6 is 0 Å². The van der Waals surface area contributed by atoms with Gasteiger partial charge < -0.3 is 9.47 Å². The highest BCUT2D eigenvalue weighted by Crippen LogP contribution is 2.29. The van der Waals surface area contributed by atoms with E-state index in [9.17, 15) is 29.8 Å². The van der Waals surface area contributed by atoms with E-state index in [1.165, 1.54) is 6.92 Å². The Hall–Kier alpha value is -3.04. The lowest BCUT2D eigenvalue weighted by atomic mass is 10.1. The normalized spacial score (nSPS) is 10.2. The molecule has 0 saturated heterocycles. The second kappa shape index (κ2) is 9.30. The van der Waals surface area contributed by atoms with Gasteiger partial charge in [0, 0.05) is 30.5 Å². The molecule has 0 heterocycles. The van der Waals surface area contributed by atoms with Crippen LogP contribution < -0.4 is 0 Å². The summed E-state index contributed by atoms with van der Waals surface area (Å²) >= 11 is 0. The second-order valence-corrected chi connectivity index (χ2v) is 5.09. The van der Waals surface area contributed by atoms with Gasteiger partial charge in [-0.3, -0.25) is 29.8 Å². The van der Waals surface area contributed by atoms with Crippen molar-refractivity contribution in [3.63, 3.8) is 0 Å². The first-order valence-corrected chi connectivity index (χ1v) is 7.49. The number of benzene rings is 1. The largest absolute Gasteiger partial charge is 0.466 e. The number of nitro benzene ring substituents is 2. The van der Waals surface area contributed by atoms with E-state index in [1.807, 2.05) is 0 Å². The van der Waals surface area contributed by atoms with Crippen molar-refractivity contribution in [1.29, 1.82) is 0 Å². The van der Waals surface area contributed by atoms with Crippen LogP contribution in [0.15, 0.2) is 12.1 Å². The maximum absolute atomic E-state index is 11.6. The summed E-state index contributed by atoms with van der Waals surface area (Å²) in [6.45, 7) is 2.88. The molecule has 25 heavy (non-hydrogen) atoms. The molecule has 0 N–H and O–H groups in total. The Kier molecular flexibility index (Phi) is 7.44. The summed E-state index contributed by atoms with van der Waals surface area (Å²) in [6, 6.07) is 2.27. The first-order chi connectivity index (χ1) is 11.8. The maximum Gasteiger partial charge on any atom is 0.306 e. The molecule has 10 nitrogen and oxygen atoms in total. The number of hydrogen-bond donors (Lipinski definition) is 0. The fourth-order valence-corrected chi connectivity index (χ4v) is 2.05. The number of ether oxygens (including phenoxy) is 2. The van der Waals surface area contributed by atoms with Gasteiger partial charge in [0.25, 0.3) is 11.4 Å². The third kappa shape index (κ3) is 6.16. The summed E-state index contributed by atoms with van der Waals surface area (Å²) in [5.41, 5.74) is -0.757. The fraction of sp³-hybridized carbons (Fsp3) is 0.467. The molecule has 10 heteroatoms. The summed E-state index contributed by atoms with van der Waals surface area (Å²) in [7, 11) is 0. The average molecular weight is 354 g/mol. The van der Waals surface area contributed by atoms with Gasteiger partial charge in [0.2, 0.25) is 0 Å². The summed E-state index contributed by atoms with van der Waals surface area (Å²) < 4.78 is 9.66. The van der Waals surface area contributed by atoms with E-state index in [1.54, 1.807) is 6.92 Å². The minimum atomic E-state index is -0.729. The molecule has 0 aliphatic carbocycles. The van der Waals surface area contributed by atoms with Crippen molar-refractivity contribution in [3.8, 4) is 0 Å². The number of rotatable bonds is 9. The number of esters is 2. The molecule has 0 atom stereocenters. The van der Waals surface area contributed by atoms with Gasteiger partial charge in [0.1, 0.15) is 12.2 Å². The van der Waals surface area contributed by atoms with Crippen LogP contribution in [-0.4, -0.2) is 28.4 Å². The van der Waals surface area contributed by atoms with Gasteiger partial charge in [-0.25, -0.2) is 0 Å². The molecule has 0 aliphatic rings. The number of nitrogens with zero attached hydrogens (tertiary/aromatic N) is 2. The molecular formula is C15H18N2O8. The van der Waals surface area contributed by atoms with Gasteiger partial charge in [0.05, 0.1) is 16.5 Å². The van der Waals surface area contributed by atoms with Crippen LogP contribution in [0, 0.1) is 27.2 Å². The number of nitro groups is 2.